The monoisotopic (exact) mass is 745 g/mol. The summed E-state index contributed by atoms with van der Waals surface area (Å²) in [5.41, 5.74) is -1.47. The number of rotatable bonds is 12. The summed E-state index contributed by atoms with van der Waals surface area (Å²) in [4.78, 5) is 62.5. The maximum Gasteiger partial charge on any atom is 0.408 e. The third kappa shape index (κ3) is 8.21. The minimum atomic E-state index is -3.91. The molecule has 4 fully saturated rings. The van der Waals surface area contributed by atoms with E-state index in [1.807, 2.05) is 0 Å². The molecule has 4 amide bonds. The fourth-order valence-electron chi connectivity index (χ4n) is 7.26. The van der Waals surface area contributed by atoms with Crippen LogP contribution < -0.4 is 20.1 Å². The number of likely N-dealkylation sites (tertiary alicyclic amines) is 1. The maximum absolute atomic E-state index is 14.4. The van der Waals surface area contributed by atoms with Gasteiger partial charge in [-0.2, -0.15) is 0 Å². The Labute approximate surface area is 303 Å². The van der Waals surface area contributed by atoms with Crippen molar-refractivity contribution in [2.24, 2.45) is 16.5 Å². The molecule has 284 valence electrons. The van der Waals surface area contributed by atoms with Gasteiger partial charge in [-0.05, 0) is 80.9 Å². The minimum Gasteiger partial charge on any atom is -0.492 e. The van der Waals surface area contributed by atoms with Gasteiger partial charge in [0.25, 0.3) is 5.91 Å². The molecule has 16 heteroatoms. The minimum absolute atomic E-state index is 0.0333. The van der Waals surface area contributed by atoms with Crippen LogP contribution in [-0.4, -0.2) is 91.1 Å². The summed E-state index contributed by atoms with van der Waals surface area (Å²) in [6, 6.07) is 1.80. The van der Waals surface area contributed by atoms with Crippen molar-refractivity contribution in [3.8, 4) is 5.75 Å². The van der Waals surface area contributed by atoms with Crippen molar-refractivity contribution in [2.75, 3.05) is 13.2 Å². The predicted molar refractivity (Wildman–Crippen MR) is 187 cm³/mol. The van der Waals surface area contributed by atoms with Crippen LogP contribution in [0, 0.1) is 17.2 Å². The molecule has 52 heavy (non-hydrogen) atoms. The van der Waals surface area contributed by atoms with Crippen LogP contribution in [-0.2, 0) is 34.0 Å². The topological polar surface area (TPSA) is 182 Å². The summed E-state index contributed by atoms with van der Waals surface area (Å²) in [6.07, 6.45) is 4.93. The van der Waals surface area contributed by atoms with Crippen molar-refractivity contribution in [1.29, 1.82) is 0 Å². The predicted octanol–water partition coefficient (Wildman–Crippen LogP) is 3.44. The van der Waals surface area contributed by atoms with Crippen LogP contribution in [0.1, 0.15) is 90.5 Å². The number of halogens is 1. The molecule has 0 radical (unpaired) electrons. The lowest BCUT2D eigenvalue weighted by atomic mass is 9.85. The van der Waals surface area contributed by atoms with Crippen molar-refractivity contribution in [3.63, 3.8) is 0 Å². The van der Waals surface area contributed by atoms with E-state index in [4.69, 9.17) is 14.3 Å². The molecule has 3 aliphatic carbocycles. The first-order valence-electron chi connectivity index (χ1n) is 18.0. The first-order chi connectivity index (χ1) is 24.6. The number of carbonyl (C=O) groups excluding carboxylic acids is 4. The number of hydrogen-bond donors (Lipinski definition) is 3. The lowest BCUT2D eigenvalue weighted by molar-refractivity contribution is -0.143. The van der Waals surface area contributed by atoms with E-state index in [0.29, 0.717) is 49.3 Å². The molecule has 3 N–H and O–H groups in total. The van der Waals surface area contributed by atoms with Gasteiger partial charge in [0.05, 0.1) is 24.1 Å². The zero-order valence-electron chi connectivity index (χ0n) is 29.8. The van der Waals surface area contributed by atoms with Gasteiger partial charge in [0.1, 0.15) is 41.4 Å². The van der Waals surface area contributed by atoms with E-state index in [-0.39, 0.29) is 25.5 Å². The summed E-state index contributed by atoms with van der Waals surface area (Å²) in [5.74, 6) is -2.51. The quantitative estimate of drug-likeness (QED) is 0.213. The first-order valence-corrected chi connectivity index (χ1v) is 19.6. The molecule has 1 aromatic carbocycles. The lowest BCUT2D eigenvalue weighted by Gasteiger charge is -2.35. The van der Waals surface area contributed by atoms with Crippen LogP contribution in [0.25, 0.3) is 0 Å². The van der Waals surface area contributed by atoms with E-state index < -0.39 is 80.0 Å². The number of hydrogen-bond acceptors (Lipinski definition) is 10. The van der Waals surface area contributed by atoms with Crippen molar-refractivity contribution in [2.45, 2.75) is 120 Å². The Hall–Kier alpha value is -4.21. The highest BCUT2D eigenvalue weighted by molar-refractivity contribution is 7.91. The summed E-state index contributed by atoms with van der Waals surface area (Å²) in [7, 11) is -3.91. The van der Waals surface area contributed by atoms with Gasteiger partial charge in [-0.15, -0.1) is 6.58 Å². The Bertz CT molecular complexity index is 1740. The van der Waals surface area contributed by atoms with Gasteiger partial charge in [0.15, 0.2) is 0 Å². The van der Waals surface area contributed by atoms with Crippen LogP contribution in [0.15, 0.2) is 36.0 Å². The zero-order chi connectivity index (χ0) is 37.4. The van der Waals surface area contributed by atoms with E-state index in [0.717, 1.165) is 25.7 Å². The second-order valence-corrected chi connectivity index (χ2v) is 17.5. The number of fused-ring (bicyclic) bond motifs is 1. The number of alkyl carbamates (subject to hydrolysis) is 1. The second kappa shape index (κ2) is 14.7. The molecule has 5 aliphatic rings. The van der Waals surface area contributed by atoms with Crippen molar-refractivity contribution in [1.82, 2.24) is 20.3 Å². The summed E-state index contributed by atoms with van der Waals surface area (Å²) in [5, 5.41) is 9.21. The molecule has 2 aliphatic heterocycles. The Morgan fingerprint density at radius 1 is 1.15 bits per heavy atom. The highest BCUT2D eigenvalue weighted by atomic mass is 32.2. The molecule has 5 atom stereocenters. The third-order valence-electron chi connectivity index (χ3n) is 10.5. The summed E-state index contributed by atoms with van der Waals surface area (Å²) >= 11 is 0. The van der Waals surface area contributed by atoms with Crippen LogP contribution >= 0.6 is 0 Å². The first kappa shape index (κ1) is 37.5. The largest absolute Gasteiger partial charge is 0.492 e. The van der Waals surface area contributed by atoms with Gasteiger partial charge in [-0.25, -0.2) is 17.6 Å². The van der Waals surface area contributed by atoms with Crippen LogP contribution in [0.4, 0.5) is 9.18 Å². The van der Waals surface area contributed by atoms with Crippen molar-refractivity contribution >= 4 is 39.5 Å². The standard InChI is InChI=1S/C36H48FN5O9S/c1-5-8-21-19-36(21,33(45)41-52(47,48)25-12-13-25)39-31(43)28-18-24(51-40-27-15-16-49-29-14-11-22(37)17-26(27)29)20-42(28)32(44)30(35(2,3)4)38-34(46)50-23-9-6-7-10-23/h5,11,14,17,21,23-25,28,30H,1,6-10,12-13,15-16,18-20H2,2-4H3,(H,38,46)(H,39,43)(H,41,45)/b40-27+/t21-,24-,28+,30-,36-/m1/s1. The SMILES string of the molecule is C=CC[C@@H]1C[C@]1(NC(=O)[C@@H]1C[C@@H](O/N=C2\CCOc3ccc(F)cc32)CN1C(=O)[C@@H](NC(=O)OC1CCCC1)C(C)(C)C)C(=O)NS(=O)(=O)C1CC1. The Morgan fingerprint density at radius 2 is 1.88 bits per heavy atom. The molecule has 0 unspecified atom stereocenters. The zero-order valence-corrected chi connectivity index (χ0v) is 30.6. The Morgan fingerprint density at radius 3 is 2.56 bits per heavy atom. The summed E-state index contributed by atoms with van der Waals surface area (Å²) in [6.45, 7) is 9.27. The van der Waals surface area contributed by atoms with Crippen LogP contribution in [0.2, 0.25) is 0 Å². The molecule has 2 heterocycles. The van der Waals surface area contributed by atoms with Crippen LogP contribution in [0.5, 0.6) is 5.75 Å². The average Bonchev–Trinajstić information content (AvgIpc) is 3.95. The van der Waals surface area contributed by atoms with E-state index in [9.17, 15) is 32.0 Å². The fraction of sp³-hybridized carbons (Fsp3) is 0.639. The molecular weight excluding hydrogens is 697 g/mol. The number of nitrogens with zero attached hydrogens (tertiary/aromatic N) is 2. The number of ether oxygens (including phenoxy) is 2. The Balaban J connectivity index is 1.25. The van der Waals surface area contributed by atoms with Gasteiger partial charge in [-0.1, -0.05) is 32.0 Å². The normalized spacial score (nSPS) is 27.2. The number of carbonyl (C=O) groups is 4. The molecule has 0 spiro atoms. The van der Waals surface area contributed by atoms with Gasteiger partial charge in [-0.3, -0.25) is 19.1 Å². The summed E-state index contributed by atoms with van der Waals surface area (Å²) < 4.78 is 52.9. The number of amides is 4. The van der Waals surface area contributed by atoms with Gasteiger partial charge < -0.3 is 29.8 Å². The van der Waals surface area contributed by atoms with Gasteiger partial charge >= 0.3 is 6.09 Å². The van der Waals surface area contributed by atoms with Crippen LogP contribution in [0.3, 0.4) is 0 Å². The number of oxime groups is 1. The fourth-order valence-corrected chi connectivity index (χ4v) is 8.62. The van der Waals surface area contributed by atoms with E-state index in [1.165, 1.54) is 23.1 Å². The smallest absolute Gasteiger partial charge is 0.408 e. The molecule has 14 nitrogen and oxygen atoms in total. The van der Waals surface area contributed by atoms with E-state index in [1.54, 1.807) is 26.8 Å². The number of nitrogens with one attached hydrogen (secondary N) is 3. The average molecular weight is 746 g/mol. The second-order valence-electron chi connectivity index (χ2n) is 15.6. The molecule has 0 aromatic heterocycles. The van der Waals surface area contributed by atoms with Crippen molar-refractivity contribution in [3.05, 3.63) is 42.2 Å². The van der Waals surface area contributed by atoms with E-state index in [2.05, 4.69) is 27.1 Å². The van der Waals surface area contributed by atoms with Gasteiger partial charge in [0, 0.05) is 18.4 Å². The highest BCUT2D eigenvalue weighted by Gasteiger charge is 2.62. The molecule has 1 saturated heterocycles. The Kier molecular flexibility index (Phi) is 10.6. The molecule has 1 aromatic rings. The molecule has 0 bridgehead atoms. The number of benzene rings is 1. The molecule has 6 rings (SSSR count). The van der Waals surface area contributed by atoms with E-state index >= 15 is 0 Å². The van der Waals surface area contributed by atoms with Gasteiger partial charge in [0.2, 0.25) is 21.8 Å². The highest BCUT2D eigenvalue weighted by Crippen LogP contribution is 2.47. The molecular formula is C36H48FN5O9S. The number of sulfonamides is 1. The third-order valence-corrected chi connectivity index (χ3v) is 12.3. The lowest BCUT2D eigenvalue weighted by Crippen LogP contribution is -2.60. The maximum atomic E-state index is 14.4. The molecule has 3 saturated carbocycles. The van der Waals surface area contributed by atoms with Crippen molar-refractivity contribution < 1.29 is 46.3 Å². The number of allylic oxidation sites excluding steroid dienone is 1.